The Balaban J connectivity index is 2.32. The molecule has 0 aliphatic heterocycles. The molecule has 0 radical (unpaired) electrons. The van der Waals surface area contributed by atoms with Gasteiger partial charge in [-0.2, -0.15) is 0 Å². The molecule has 0 atom stereocenters. The number of hydrogen-bond acceptors (Lipinski definition) is 4. The maximum atomic E-state index is 11.6. The highest BCUT2D eigenvalue weighted by Gasteiger charge is 2.08. The van der Waals surface area contributed by atoms with Crippen molar-refractivity contribution >= 4 is 39.4 Å². The first-order valence-electron chi connectivity index (χ1n) is 6.34. The molecule has 0 spiro atoms. The predicted molar refractivity (Wildman–Crippen MR) is 81.8 cm³/mol. The Hall–Kier alpha value is -1.89. The van der Waals surface area contributed by atoms with Gasteiger partial charge in [-0.3, -0.25) is 14.4 Å². The van der Waals surface area contributed by atoms with E-state index in [2.05, 4.69) is 26.6 Å². The Bertz CT molecular complexity index is 546. The lowest BCUT2D eigenvalue weighted by molar-refractivity contribution is -0.147. The van der Waals surface area contributed by atoms with Crippen LogP contribution in [0, 0.1) is 6.92 Å². The van der Waals surface area contributed by atoms with Gasteiger partial charge in [0.1, 0.15) is 0 Å². The third-order valence-electron chi connectivity index (χ3n) is 2.51. The molecule has 6 nitrogen and oxygen atoms in total. The van der Waals surface area contributed by atoms with Crippen molar-refractivity contribution in [1.82, 2.24) is 5.32 Å². The fourth-order valence-electron chi connectivity index (χ4n) is 1.48. The Morgan fingerprint density at radius 3 is 2.62 bits per heavy atom. The number of carbonyl (C=O) groups excluding carboxylic acids is 3. The summed E-state index contributed by atoms with van der Waals surface area (Å²) in [5.41, 5.74) is 1.62. The van der Waals surface area contributed by atoms with E-state index < -0.39 is 11.9 Å². The normalized spacial score (nSPS) is 9.86. The van der Waals surface area contributed by atoms with Crippen molar-refractivity contribution in [3.8, 4) is 0 Å². The van der Waals surface area contributed by atoms with Gasteiger partial charge in [0, 0.05) is 23.6 Å². The summed E-state index contributed by atoms with van der Waals surface area (Å²) in [6.07, 6.45) is 0.0320. The zero-order valence-corrected chi connectivity index (χ0v) is 13.5. The number of carbonyl (C=O) groups is 3. The van der Waals surface area contributed by atoms with Crippen LogP contribution in [0.15, 0.2) is 22.7 Å². The van der Waals surface area contributed by atoms with Crippen LogP contribution in [-0.2, 0) is 19.1 Å². The number of hydrogen-bond donors (Lipinski definition) is 2. The third-order valence-corrected chi connectivity index (χ3v) is 3.40. The minimum Gasteiger partial charge on any atom is -0.456 e. The number of ether oxygens (including phenoxy) is 1. The van der Waals surface area contributed by atoms with Gasteiger partial charge in [-0.25, -0.2) is 0 Å². The topological polar surface area (TPSA) is 84.5 Å². The lowest BCUT2D eigenvalue weighted by Gasteiger charge is -2.08. The molecule has 1 aromatic carbocycles. The average Bonchev–Trinajstić information content (AvgIpc) is 2.40. The summed E-state index contributed by atoms with van der Waals surface area (Å²) in [4.78, 5) is 33.6. The number of nitrogens with one attached hydrogen (secondary N) is 2. The molecule has 0 saturated carbocycles. The molecule has 114 valence electrons. The van der Waals surface area contributed by atoms with Crippen molar-refractivity contribution in [3.63, 3.8) is 0 Å². The number of amides is 2. The SMILES string of the molecule is CC(=O)NCCC(=O)OCC(=O)Nc1ccc(Br)c(C)c1. The summed E-state index contributed by atoms with van der Waals surface area (Å²) in [6, 6.07) is 5.37. The van der Waals surface area contributed by atoms with Crippen molar-refractivity contribution in [3.05, 3.63) is 28.2 Å². The van der Waals surface area contributed by atoms with Crippen LogP contribution in [0.4, 0.5) is 5.69 Å². The van der Waals surface area contributed by atoms with Gasteiger partial charge < -0.3 is 15.4 Å². The Morgan fingerprint density at radius 1 is 1.29 bits per heavy atom. The first kappa shape index (κ1) is 17.2. The van der Waals surface area contributed by atoms with E-state index in [1.54, 1.807) is 12.1 Å². The fraction of sp³-hybridized carbons (Fsp3) is 0.357. The average molecular weight is 357 g/mol. The lowest BCUT2D eigenvalue weighted by Crippen LogP contribution is -2.25. The van der Waals surface area contributed by atoms with Gasteiger partial charge in [-0.1, -0.05) is 15.9 Å². The third kappa shape index (κ3) is 6.89. The van der Waals surface area contributed by atoms with Crippen molar-refractivity contribution in [2.75, 3.05) is 18.5 Å². The molecule has 0 aliphatic rings. The van der Waals surface area contributed by atoms with E-state index in [1.807, 2.05) is 13.0 Å². The van der Waals surface area contributed by atoms with E-state index in [4.69, 9.17) is 4.74 Å². The molecule has 2 N–H and O–H groups in total. The number of aryl methyl sites for hydroxylation is 1. The second-order valence-corrected chi connectivity index (χ2v) is 5.26. The smallest absolute Gasteiger partial charge is 0.308 e. The molecule has 7 heteroatoms. The van der Waals surface area contributed by atoms with Gasteiger partial charge in [-0.15, -0.1) is 0 Å². The molecule has 0 saturated heterocycles. The fourth-order valence-corrected chi connectivity index (χ4v) is 1.72. The number of anilines is 1. The van der Waals surface area contributed by atoms with Crippen LogP contribution >= 0.6 is 15.9 Å². The molecule has 21 heavy (non-hydrogen) atoms. The van der Waals surface area contributed by atoms with Gasteiger partial charge in [0.05, 0.1) is 6.42 Å². The zero-order valence-electron chi connectivity index (χ0n) is 11.9. The van der Waals surface area contributed by atoms with Gasteiger partial charge in [-0.05, 0) is 30.7 Å². The van der Waals surface area contributed by atoms with Crippen LogP contribution < -0.4 is 10.6 Å². The molecule has 0 bridgehead atoms. The summed E-state index contributed by atoms with van der Waals surface area (Å²) in [5, 5.41) is 5.10. The number of rotatable bonds is 6. The monoisotopic (exact) mass is 356 g/mol. The lowest BCUT2D eigenvalue weighted by atomic mass is 10.2. The molecule has 2 amide bonds. The van der Waals surface area contributed by atoms with E-state index >= 15 is 0 Å². The van der Waals surface area contributed by atoms with E-state index in [0.29, 0.717) is 5.69 Å². The van der Waals surface area contributed by atoms with Gasteiger partial charge in [0.15, 0.2) is 6.61 Å². The van der Waals surface area contributed by atoms with Crippen LogP contribution in [0.25, 0.3) is 0 Å². The summed E-state index contributed by atoms with van der Waals surface area (Å²) in [5.74, 6) is -1.17. The molecule has 0 aromatic heterocycles. The highest BCUT2D eigenvalue weighted by molar-refractivity contribution is 9.10. The van der Waals surface area contributed by atoms with Crippen LogP contribution in [-0.4, -0.2) is 30.9 Å². The first-order chi connectivity index (χ1) is 9.88. The molecule has 1 rings (SSSR count). The van der Waals surface area contributed by atoms with Crippen LogP contribution in [0.2, 0.25) is 0 Å². The Kier molecular flexibility index (Phi) is 6.87. The molecular weight excluding hydrogens is 340 g/mol. The van der Waals surface area contributed by atoms with E-state index in [9.17, 15) is 14.4 Å². The number of esters is 1. The minimum absolute atomic E-state index is 0.0320. The molecule has 0 heterocycles. The van der Waals surface area contributed by atoms with Crippen LogP contribution in [0.5, 0.6) is 0 Å². The maximum Gasteiger partial charge on any atom is 0.308 e. The van der Waals surface area contributed by atoms with Gasteiger partial charge in [0.25, 0.3) is 5.91 Å². The first-order valence-corrected chi connectivity index (χ1v) is 7.14. The van der Waals surface area contributed by atoms with E-state index in [0.717, 1.165) is 10.0 Å². The van der Waals surface area contributed by atoms with Crippen molar-refractivity contribution in [2.24, 2.45) is 0 Å². The molecule has 0 unspecified atom stereocenters. The zero-order chi connectivity index (χ0) is 15.8. The summed E-state index contributed by atoms with van der Waals surface area (Å²) in [7, 11) is 0. The molecule has 0 fully saturated rings. The Labute approximate surface area is 131 Å². The highest BCUT2D eigenvalue weighted by Crippen LogP contribution is 2.19. The van der Waals surface area contributed by atoms with Gasteiger partial charge >= 0.3 is 5.97 Å². The maximum absolute atomic E-state index is 11.6. The highest BCUT2D eigenvalue weighted by atomic mass is 79.9. The summed E-state index contributed by atoms with van der Waals surface area (Å²) < 4.78 is 5.75. The minimum atomic E-state index is -0.536. The predicted octanol–water partition coefficient (Wildman–Crippen LogP) is 1.77. The second-order valence-electron chi connectivity index (χ2n) is 4.41. The quantitative estimate of drug-likeness (QED) is 0.760. The Morgan fingerprint density at radius 2 is 2.00 bits per heavy atom. The molecular formula is C14H17BrN2O4. The number of benzene rings is 1. The van der Waals surface area contributed by atoms with E-state index in [-0.39, 0.29) is 25.5 Å². The van der Waals surface area contributed by atoms with Crippen LogP contribution in [0.3, 0.4) is 0 Å². The molecule has 1 aromatic rings. The van der Waals surface area contributed by atoms with E-state index in [1.165, 1.54) is 6.92 Å². The second kappa shape index (κ2) is 8.41. The van der Waals surface area contributed by atoms with Crippen molar-refractivity contribution in [2.45, 2.75) is 20.3 Å². The van der Waals surface area contributed by atoms with Crippen LogP contribution in [0.1, 0.15) is 18.9 Å². The summed E-state index contributed by atoms with van der Waals surface area (Å²) >= 11 is 3.37. The molecule has 0 aliphatic carbocycles. The number of halogens is 1. The largest absolute Gasteiger partial charge is 0.456 e. The van der Waals surface area contributed by atoms with Gasteiger partial charge in [0.2, 0.25) is 5.91 Å². The van der Waals surface area contributed by atoms with Crippen molar-refractivity contribution < 1.29 is 19.1 Å². The summed E-state index contributed by atoms with van der Waals surface area (Å²) in [6.45, 7) is 3.11. The van der Waals surface area contributed by atoms with Crippen molar-refractivity contribution in [1.29, 1.82) is 0 Å². The standard InChI is InChI=1S/C14H17BrN2O4/c1-9-7-11(3-4-12(9)15)17-13(19)8-21-14(20)5-6-16-10(2)18/h3-4,7H,5-6,8H2,1-2H3,(H,16,18)(H,17,19).